The van der Waals surface area contributed by atoms with Gasteiger partial charge in [-0.15, -0.1) is 0 Å². The smallest absolute Gasteiger partial charge is 0.122 e. The van der Waals surface area contributed by atoms with Crippen LogP contribution in [0.3, 0.4) is 0 Å². The van der Waals surface area contributed by atoms with Gasteiger partial charge in [0, 0.05) is 18.7 Å². The molecule has 0 fully saturated rings. The minimum Gasteiger partial charge on any atom is -0.492 e. The van der Waals surface area contributed by atoms with Gasteiger partial charge < -0.3 is 14.5 Å². The maximum absolute atomic E-state index is 5.83. The monoisotopic (exact) mass is 259 g/mol. The molecule has 0 aliphatic rings. The van der Waals surface area contributed by atoms with Crippen LogP contribution < -0.4 is 10.1 Å². The van der Waals surface area contributed by atoms with Crippen LogP contribution in [0.25, 0.3) is 0 Å². The summed E-state index contributed by atoms with van der Waals surface area (Å²) in [5.74, 6) is 0.989. The van der Waals surface area contributed by atoms with Crippen molar-refractivity contribution in [3.8, 4) is 5.75 Å². The summed E-state index contributed by atoms with van der Waals surface area (Å²) in [5.41, 5.74) is 4.90. The molecule has 1 aromatic heterocycles. The van der Waals surface area contributed by atoms with Crippen LogP contribution in [0.5, 0.6) is 5.75 Å². The molecule has 0 saturated carbocycles. The second-order valence-corrected chi connectivity index (χ2v) is 4.86. The lowest BCUT2D eigenvalue weighted by Gasteiger charge is -2.12. The summed E-state index contributed by atoms with van der Waals surface area (Å²) in [6.07, 6.45) is 3.44. The Morgan fingerprint density at radius 1 is 1.21 bits per heavy atom. The van der Waals surface area contributed by atoms with Crippen molar-refractivity contribution in [1.82, 2.24) is 5.32 Å². The van der Waals surface area contributed by atoms with Gasteiger partial charge in [0.2, 0.25) is 0 Å². The fraction of sp³-hybridized carbons (Fsp3) is 0.375. The zero-order chi connectivity index (χ0) is 13.7. The van der Waals surface area contributed by atoms with E-state index >= 15 is 0 Å². The molecule has 0 spiro atoms. The maximum atomic E-state index is 5.83. The van der Waals surface area contributed by atoms with Crippen molar-refractivity contribution in [1.29, 1.82) is 0 Å². The zero-order valence-corrected chi connectivity index (χ0v) is 11.8. The molecule has 0 amide bonds. The van der Waals surface area contributed by atoms with E-state index in [2.05, 4.69) is 38.2 Å². The molecule has 0 bridgehead atoms. The van der Waals surface area contributed by atoms with Gasteiger partial charge in [-0.3, -0.25) is 0 Å². The summed E-state index contributed by atoms with van der Waals surface area (Å²) in [6, 6.07) is 6.24. The average Bonchev–Trinajstić information content (AvgIpc) is 2.87. The topological polar surface area (TPSA) is 34.4 Å². The highest BCUT2D eigenvalue weighted by molar-refractivity contribution is 5.41. The van der Waals surface area contributed by atoms with E-state index in [0.29, 0.717) is 6.61 Å². The summed E-state index contributed by atoms with van der Waals surface area (Å²) in [7, 11) is 0. The number of aryl methyl sites for hydroxylation is 2. The second-order valence-electron chi connectivity index (χ2n) is 4.86. The Morgan fingerprint density at radius 3 is 2.79 bits per heavy atom. The van der Waals surface area contributed by atoms with Crippen LogP contribution in [0.4, 0.5) is 0 Å². The molecule has 3 nitrogen and oxygen atoms in total. The van der Waals surface area contributed by atoms with Crippen molar-refractivity contribution in [2.45, 2.75) is 27.3 Å². The van der Waals surface area contributed by atoms with Crippen molar-refractivity contribution < 1.29 is 9.15 Å². The summed E-state index contributed by atoms with van der Waals surface area (Å²) >= 11 is 0. The van der Waals surface area contributed by atoms with Crippen LogP contribution in [0.15, 0.2) is 35.1 Å². The first kappa shape index (κ1) is 13.7. The largest absolute Gasteiger partial charge is 0.492 e. The van der Waals surface area contributed by atoms with Crippen molar-refractivity contribution in [3.05, 3.63) is 53.0 Å². The minimum absolute atomic E-state index is 0.668. The van der Waals surface area contributed by atoms with Crippen LogP contribution in [0, 0.1) is 20.8 Å². The lowest BCUT2D eigenvalue weighted by molar-refractivity contribution is 0.311. The first-order valence-corrected chi connectivity index (χ1v) is 6.59. The molecule has 0 atom stereocenters. The van der Waals surface area contributed by atoms with Crippen molar-refractivity contribution >= 4 is 0 Å². The summed E-state index contributed by atoms with van der Waals surface area (Å²) in [6.45, 7) is 8.61. The van der Waals surface area contributed by atoms with Crippen LogP contribution >= 0.6 is 0 Å². The SMILES string of the molecule is Cc1cc(C)c(C)c(OCCNCc2ccoc2)c1. The normalized spacial score (nSPS) is 10.7. The molecule has 1 N–H and O–H groups in total. The summed E-state index contributed by atoms with van der Waals surface area (Å²) in [4.78, 5) is 0. The van der Waals surface area contributed by atoms with Crippen molar-refractivity contribution in [2.75, 3.05) is 13.2 Å². The van der Waals surface area contributed by atoms with Gasteiger partial charge >= 0.3 is 0 Å². The third-order valence-electron chi connectivity index (χ3n) is 3.21. The number of ether oxygens (including phenoxy) is 1. The van der Waals surface area contributed by atoms with Crippen LogP contribution in [0.2, 0.25) is 0 Å². The molecule has 1 aromatic carbocycles. The van der Waals surface area contributed by atoms with Crippen molar-refractivity contribution in [3.63, 3.8) is 0 Å². The van der Waals surface area contributed by atoms with E-state index in [0.717, 1.165) is 24.4 Å². The highest BCUT2D eigenvalue weighted by atomic mass is 16.5. The molecule has 19 heavy (non-hydrogen) atoms. The number of hydrogen-bond acceptors (Lipinski definition) is 3. The lowest BCUT2D eigenvalue weighted by atomic mass is 10.1. The highest BCUT2D eigenvalue weighted by Crippen LogP contribution is 2.22. The van der Waals surface area contributed by atoms with E-state index in [1.807, 2.05) is 6.07 Å². The maximum Gasteiger partial charge on any atom is 0.122 e. The van der Waals surface area contributed by atoms with E-state index in [1.54, 1.807) is 12.5 Å². The Kier molecular flexibility index (Phi) is 4.63. The van der Waals surface area contributed by atoms with Gasteiger partial charge in [-0.25, -0.2) is 0 Å². The molecule has 0 radical (unpaired) electrons. The number of benzene rings is 1. The third kappa shape index (κ3) is 3.86. The first-order valence-electron chi connectivity index (χ1n) is 6.59. The minimum atomic E-state index is 0.668. The Labute approximate surface area is 114 Å². The third-order valence-corrected chi connectivity index (χ3v) is 3.21. The lowest BCUT2D eigenvalue weighted by Crippen LogP contribution is -2.20. The number of nitrogens with one attached hydrogen (secondary N) is 1. The first-order chi connectivity index (χ1) is 9.16. The molecule has 3 heteroatoms. The molecule has 0 aliphatic heterocycles. The van der Waals surface area contributed by atoms with Gasteiger partial charge in [-0.05, 0) is 49.6 Å². The molecule has 2 rings (SSSR count). The van der Waals surface area contributed by atoms with Gasteiger partial charge in [0.05, 0.1) is 12.5 Å². The molecule has 0 aliphatic carbocycles. The Hall–Kier alpha value is -1.74. The van der Waals surface area contributed by atoms with Gasteiger partial charge in [-0.1, -0.05) is 6.07 Å². The molecular weight excluding hydrogens is 238 g/mol. The summed E-state index contributed by atoms with van der Waals surface area (Å²) < 4.78 is 10.8. The molecule has 102 valence electrons. The predicted octanol–water partition coefficient (Wildman–Crippen LogP) is 3.37. The van der Waals surface area contributed by atoms with Crippen LogP contribution in [-0.4, -0.2) is 13.2 Å². The predicted molar refractivity (Wildman–Crippen MR) is 76.6 cm³/mol. The number of rotatable bonds is 6. The zero-order valence-electron chi connectivity index (χ0n) is 11.8. The van der Waals surface area contributed by atoms with E-state index in [1.165, 1.54) is 16.7 Å². The highest BCUT2D eigenvalue weighted by Gasteiger charge is 2.03. The van der Waals surface area contributed by atoms with Crippen LogP contribution in [0.1, 0.15) is 22.3 Å². The van der Waals surface area contributed by atoms with Crippen LogP contribution in [-0.2, 0) is 6.54 Å². The average molecular weight is 259 g/mol. The van der Waals surface area contributed by atoms with E-state index < -0.39 is 0 Å². The number of hydrogen-bond donors (Lipinski definition) is 1. The van der Waals surface area contributed by atoms with Gasteiger partial charge in [-0.2, -0.15) is 0 Å². The van der Waals surface area contributed by atoms with Gasteiger partial charge in [0.1, 0.15) is 12.4 Å². The Balaban J connectivity index is 1.76. The van der Waals surface area contributed by atoms with Crippen molar-refractivity contribution in [2.24, 2.45) is 0 Å². The fourth-order valence-electron chi connectivity index (χ4n) is 2.01. The second kappa shape index (κ2) is 6.43. The van der Waals surface area contributed by atoms with Gasteiger partial charge in [0.25, 0.3) is 0 Å². The molecule has 0 saturated heterocycles. The van der Waals surface area contributed by atoms with E-state index in [4.69, 9.17) is 9.15 Å². The Bertz CT molecular complexity index is 518. The summed E-state index contributed by atoms with van der Waals surface area (Å²) in [5, 5.41) is 3.32. The molecule has 2 aromatic rings. The quantitative estimate of drug-likeness (QED) is 0.808. The Morgan fingerprint density at radius 2 is 2.05 bits per heavy atom. The number of furan rings is 1. The van der Waals surface area contributed by atoms with E-state index in [9.17, 15) is 0 Å². The van der Waals surface area contributed by atoms with E-state index in [-0.39, 0.29) is 0 Å². The molecule has 0 unspecified atom stereocenters. The van der Waals surface area contributed by atoms with Gasteiger partial charge in [0.15, 0.2) is 0 Å². The fourth-order valence-corrected chi connectivity index (χ4v) is 2.01. The molecular formula is C16H21NO2. The standard InChI is InChI=1S/C16H21NO2/c1-12-8-13(2)14(3)16(9-12)19-7-5-17-10-15-4-6-18-11-15/h4,6,8-9,11,17H,5,7,10H2,1-3H3. The molecule has 1 heterocycles.